The number of carbonyl (C=O) groups excluding carboxylic acids is 1. The van der Waals surface area contributed by atoms with E-state index in [0.29, 0.717) is 18.7 Å². The highest BCUT2D eigenvalue weighted by Gasteiger charge is 2.15. The molecule has 4 nitrogen and oxygen atoms in total. The fraction of sp³-hybridized carbons (Fsp3) is 0.200. The van der Waals surface area contributed by atoms with Gasteiger partial charge in [-0.3, -0.25) is 4.79 Å². The highest BCUT2D eigenvalue weighted by atomic mass is 16.4. The number of benzene rings is 2. The van der Waals surface area contributed by atoms with Crippen molar-refractivity contribution in [2.45, 2.75) is 19.8 Å². The second kappa shape index (κ2) is 7.13. The number of amides is 1. The van der Waals surface area contributed by atoms with Crippen LogP contribution in [0.15, 0.2) is 65.1 Å². The Balaban J connectivity index is 1.67. The normalized spacial score (nSPS) is 10.6. The smallest absolute Gasteiger partial charge is 0.227 e. The number of carbonyl (C=O) groups is 1. The lowest BCUT2D eigenvalue weighted by atomic mass is 10.2. The molecule has 0 saturated carbocycles. The van der Waals surface area contributed by atoms with Crippen molar-refractivity contribution in [1.82, 2.24) is 4.98 Å². The molecular formula is C20H20N2O2. The van der Waals surface area contributed by atoms with Gasteiger partial charge in [0, 0.05) is 31.1 Å². The van der Waals surface area contributed by atoms with Gasteiger partial charge in [0.05, 0.1) is 5.69 Å². The molecule has 0 saturated heterocycles. The summed E-state index contributed by atoms with van der Waals surface area (Å²) in [6.07, 6.45) is 0.963. The van der Waals surface area contributed by atoms with Gasteiger partial charge in [-0.05, 0) is 31.2 Å². The maximum Gasteiger partial charge on any atom is 0.227 e. The zero-order valence-electron chi connectivity index (χ0n) is 13.9. The average Bonchev–Trinajstić information content (AvgIpc) is 3.01. The molecule has 0 radical (unpaired) electrons. The van der Waals surface area contributed by atoms with E-state index in [4.69, 9.17) is 4.42 Å². The number of rotatable bonds is 5. The maximum absolute atomic E-state index is 12.4. The number of hydrogen-bond acceptors (Lipinski definition) is 3. The van der Waals surface area contributed by atoms with Gasteiger partial charge in [-0.15, -0.1) is 0 Å². The number of anilines is 1. The first kappa shape index (κ1) is 16.0. The molecule has 0 atom stereocenters. The van der Waals surface area contributed by atoms with Gasteiger partial charge in [-0.1, -0.05) is 36.4 Å². The van der Waals surface area contributed by atoms with E-state index in [2.05, 4.69) is 4.98 Å². The summed E-state index contributed by atoms with van der Waals surface area (Å²) in [7, 11) is 1.79. The quantitative estimate of drug-likeness (QED) is 0.706. The fourth-order valence-corrected chi connectivity index (χ4v) is 2.55. The van der Waals surface area contributed by atoms with Gasteiger partial charge in [-0.2, -0.15) is 0 Å². The Hall–Kier alpha value is -2.88. The number of hydrogen-bond donors (Lipinski definition) is 0. The van der Waals surface area contributed by atoms with Crippen molar-refractivity contribution in [2.75, 3.05) is 11.9 Å². The Morgan fingerprint density at radius 2 is 1.67 bits per heavy atom. The molecule has 0 aliphatic rings. The average molecular weight is 320 g/mol. The summed E-state index contributed by atoms with van der Waals surface area (Å²) in [5.74, 6) is 1.43. The molecule has 1 aromatic heterocycles. The van der Waals surface area contributed by atoms with Gasteiger partial charge in [0.2, 0.25) is 11.8 Å². The van der Waals surface area contributed by atoms with Crippen molar-refractivity contribution in [2.24, 2.45) is 0 Å². The van der Waals surface area contributed by atoms with E-state index in [-0.39, 0.29) is 5.91 Å². The number of aryl methyl sites for hydroxylation is 2. The van der Waals surface area contributed by atoms with Gasteiger partial charge in [0.1, 0.15) is 5.76 Å². The molecule has 0 aliphatic carbocycles. The predicted molar refractivity (Wildman–Crippen MR) is 94.8 cm³/mol. The molecule has 3 rings (SSSR count). The molecule has 0 N–H and O–H groups in total. The van der Waals surface area contributed by atoms with Crippen LogP contribution in [0, 0.1) is 6.92 Å². The molecule has 1 amide bonds. The van der Waals surface area contributed by atoms with Crippen LogP contribution in [0.5, 0.6) is 0 Å². The monoisotopic (exact) mass is 320 g/mol. The van der Waals surface area contributed by atoms with Crippen LogP contribution in [0.4, 0.5) is 5.69 Å². The minimum absolute atomic E-state index is 0.0601. The third-order valence-electron chi connectivity index (χ3n) is 4.01. The van der Waals surface area contributed by atoms with Crippen molar-refractivity contribution in [3.05, 3.63) is 72.1 Å². The van der Waals surface area contributed by atoms with Crippen LogP contribution in [0.2, 0.25) is 0 Å². The Bertz CT molecular complexity index is 810. The predicted octanol–water partition coefficient (Wildman–Crippen LogP) is 4.25. The van der Waals surface area contributed by atoms with Crippen molar-refractivity contribution in [1.29, 1.82) is 0 Å². The fourth-order valence-electron chi connectivity index (χ4n) is 2.55. The molecule has 0 aliphatic heterocycles. The van der Waals surface area contributed by atoms with E-state index in [0.717, 1.165) is 22.7 Å². The molecular weight excluding hydrogens is 300 g/mol. The van der Waals surface area contributed by atoms with Crippen LogP contribution in [-0.4, -0.2) is 17.9 Å². The summed E-state index contributed by atoms with van der Waals surface area (Å²) in [6.45, 7) is 1.89. The van der Waals surface area contributed by atoms with Crippen LogP contribution >= 0.6 is 0 Å². The highest BCUT2D eigenvalue weighted by Crippen LogP contribution is 2.22. The molecule has 0 fully saturated rings. The molecule has 0 bridgehead atoms. The van der Waals surface area contributed by atoms with E-state index in [1.54, 1.807) is 11.9 Å². The van der Waals surface area contributed by atoms with E-state index < -0.39 is 0 Å². The summed E-state index contributed by atoms with van der Waals surface area (Å²) < 4.78 is 5.74. The number of nitrogens with zero attached hydrogens (tertiary/aromatic N) is 2. The lowest BCUT2D eigenvalue weighted by molar-refractivity contribution is -0.118. The van der Waals surface area contributed by atoms with Crippen LogP contribution in [0.3, 0.4) is 0 Å². The second-order valence-electron chi connectivity index (χ2n) is 5.68. The standard InChI is InChI=1S/C20H20N2O2/c1-15-18(21-20(24-15)16-9-5-3-6-10-16)13-14-19(23)22(2)17-11-7-4-8-12-17/h3-12H,13-14H2,1-2H3. The van der Waals surface area contributed by atoms with Gasteiger partial charge in [0.15, 0.2) is 0 Å². The van der Waals surface area contributed by atoms with E-state index >= 15 is 0 Å². The third-order valence-corrected chi connectivity index (χ3v) is 4.01. The van der Waals surface area contributed by atoms with Gasteiger partial charge in [-0.25, -0.2) is 4.98 Å². The van der Waals surface area contributed by atoms with Crippen LogP contribution in [-0.2, 0) is 11.2 Å². The van der Waals surface area contributed by atoms with E-state index in [1.807, 2.05) is 67.6 Å². The molecule has 0 unspecified atom stereocenters. The van der Waals surface area contributed by atoms with Gasteiger partial charge < -0.3 is 9.32 Å². The maximum atomic E-state index is 12.4. The first-order valence-electron chi connectivity index (χ1n) is 7.98. The summed E-state index contributed by atoms with van der Waals surface area (Å²) in [5.41, 5.74) is 2.67. The zero-order chi connectivity index (χ0) is 16.9. The Labute approximate surface area is 141 Å². The van der Waals surface area contributed by atoms with E-state index in [1.165, 1.54) is 0 Å². The van der Waals surface area contributed by atoms with Crippen molar-refractivity contribution in [3.8, 4) is 11.5 Å². The molecule has 24 heavy (non-hydrogen) atoms. The lowest BCUT2D eigenvalue weighted by Crippen LogP contribution is -2.26. The lowest BCUT2D eigenvalue weighted by Gasteiger charge is -2.16. The summed E-state index contributed by atoms with van der Waals surface area (Å²) >= 11 is 0. The largest absolute Gasteiger partial charge is 0.441 e. The molecule has 4 heteroatoms. The zero-order valence-corrected chi connectivity index (χ0v) is 13.9. The number of para-hydroxylation sites is 1. The summed E-state index contributed by atoms with van der Waals surface area (Å²) in [5, 5.41) is 0. The minimum Gasteiger partial charge on any atom is -0.441 e. The first-order valence-corrected chi connectivity index (χ1v) is 7.98. The van der Waals surface area contributed by atoms with Crippen LogP contribution < -0.4 is 4.90 Å². The minimum atomic E-state index is 0.0601. The third kappa shape index (κ3) is 3.54. The van der Waals surface area contributed by atoms with Gasteiger partial charge in [0.25, 0.3) is 0 Å². The second-order valence-corrected chi connectivity index (χ2v) is 5.68. The summed E-state index contributed by atoms with van der Waals surface area (Å²) in [6, 6.07) is 19.4. The number of aromatic nitrogens is 1. The van der Waals surface area contributed by atoms with Crippen molar-refractivity contribution >= 4 is 11.6 Å². The van der Waals surface area contributed by atoms with E-state index in [9.17, 15) is 4.79 Å². The van der Waals surface area contributed by atoms with Crippen molar-refractivity contribution < 1.29 is 9.21 Å². The molecule has 122 valence electrons. The number of oxazole rings is 1. The van der Waals surface area contributed by atoms with Crippen molar-refractivity contribution in [3.63, 3.8) is 0 Å². The summed E-state index contributed by atoms with van der Waals surface area (Å²) in [4.78, 5) is 18.6. The topological polar surface area (TPSA) is 46.3 Å². The van der Waals surface area contributed by atoms with Gasteiger partial charge >= 0.3 is 0 Å². The Morgan fingerprint density at radius 3 is 2.33 bits per heavy atom. The van der Waals surface area contributed by atoms with Crippen LogP contribution in [0.25, 0.3) is 11.5 Å². The Kier molecular flexibility index (Phi) is 4.75. The molecule has 2 aromatic carbocycles. The van der Waals surface area contributed by atoms with Crippen LogP contribution in [0.1, 0.15) is 17.9 Å². The molecule has 0 spiro atoms. The Morgan fingerprint density at radius 1 is 1.04 bits per heavy atom. The molecule has 3 aromatic rings. The molecule has 1 heterocycles. The SMILES string of the molecule is Cc1oc(-c2ccccc2)nc1CCC(=O)N(C)c1ccccc1. The highest BCUT2D eigenvalue weighted by molar-refractivity contribution is 5.92. The first-order chi connectivity index (χ1) is 11.6.